The fourth-order valence-electron chi connectivity index (χ4n) is 3.60. The van der Waals surface area contributed by atoms with Crippen LogP contribution in [0.5, 0.6) is 0 Å². The second-order valence-corrected chi connectivity index (χ2v) is 7.38. The quantitative estimate of drug-likeness (QED) is 0.622. The van der Waals surface area contributed by atoms with Gasteiger partial charge in [0.2, 0.25) is 0 Å². The lowest BCUT2D eigenvalue weighted by Gasteiger charge is -2.36. The summed E-state index contributed by atoms with van der Waals surface area (Å²) in [5.41, 5.74) is 1.78. The molecule has 1 saturated heterocycles. The third kappa shape index (κ3) is 4.52. The Kier molecular flexibility index (Phi) is 5.63. The number of hydrogen-bond donors (Lipinski definition) is 0. The van der Waals surface area contributed by atoms with E-state index in [4.69, 9.17) is 0 Å². The minimum atomic E-state index is -4.39. The van der Waals surface area contributed by atoms with E-state index in [1.165, 1.54) is 18.3 Å². The molecular formula is C23H21F3N4O. The summed E-state index contributed by atoms with van der Waals surface area (Å²) >= 11 is 0. The molecule has 0 spiro atoms. The van der Waals surface area contributed by atoms with Crippen molar-refractivity contribution >= 4 is 11.6 Å². The molecule has 0 unspecified atom stereocenters. The van der Waals surface area contributed by atoms with Gasteiger partial charge in [0.1, 0.15) is 0 Å². The fraction of sp³-hybridized carbons (Fsp3) is 0.261. The maximum Gasteiger partial charge on any atom is 0.416 e. The molecule has 0 bridgehead atoms. The van der Waals surface area contributed by atoms with Crippen LogP contribution in [0.3, 0.4) is 0 Å². The lowest BCUT2D eigenvalue weighted by Crippen LogP contribution is -2.49. The summed E-state index contributed by atoms with van der Waals surface area (Å²) < 4.78 is 38.2. The molecule has 160 valence electrons. The molecule has 2 heterocycles. The van der Waals surface area contributed by atoms with Gasteiger partial charge >= 0.3 is 6.18 Å². The Morgan fingerprint density at radius 1 is 0.935 bits per heavy atom. The molecule has 0 radical (unpaired) electrons. The first-order valence-corrected chi connectivity index (χ1v) is 9.93. The maximum absolute atomic E-state index is 13.0. The van der Waals surface area contributed by atoms with Crippen molar-refractivity contribution in [3.8, 4) is 11.4 Å². The Balaban J connectivity index is 1.45. The second kappa shape index (κ2) is 8.37. The Morgan fingerprint density at radius 3 is 2.16 bits per heavy atom. The van der Waals surface area contributed by atoms with Crippen LogP contribution in [0.1, 0.15) is 21.6 Å². The first kappa shape index (κ1) is 20.8. The minimum Gasteiger partial charge on any atom is -0.368 e. The topological polar surface area (TPSA) is 49.3 Å². The largest absolute Gasteiger partial charge is 0.416 e. The van der Waals surface area contributed by atoms with E-state index < -0.39 is 11.7 Å². The van der Waals surface area contributed by atoms with Crippen LogP contribution in [-0.4, -0.2) is 47.0 Å². The van der Waals surface area contributed by atoms with Crippen LogP contribution in [0.2, 0.25) is 0 Å². The van der Waals surface area contributed by atoms with Crippen LogP contribution in [0.4, 0.5) is 18.9 Å². The SMILES string of the molecule is Cc1nc(-c2ccc(C(F)(F)F)cc2)ncc1C(=O)N1CCN(c2ccccc2)CC1. The maximum atomic E-state index is 13.0. The monoisotopic (exact) mass is 426 g/mol. The molecular weight excluding hydrogens is 405 g/mol. The van der Waals surface area contributed by atoms with Crippen LogP contribution in [0.15, 0.2) is 60.8 Å². The summed E-state index contributed by atoms with van der Waals surface area (Å²) in [5, 5.41) is 0. The Labute approximate surface area is 178 Å². The standard InChI is InChI=1S/C23H21F3N4O/c1-16-20(15-27-21(28-16)17-7-9-18(10-8-17)23(24,25)26)22(31)30-13-11-29(12-14-30)19-5-3-2-4-6-19/h2-10,15H,11-14H2,1H3. The lowest BCUT2D eigenvalue weighted by atomic mass is 10.1. The molecule has 0 atom stereocenters. The van der Waals surface area contributed by atoms with Crippen molar-refractivity contribution in [2.75, 3.05) is 31.1 Å². The Hall–Kier alpha value is -3.42. The number of alkyl halides is 3. The molecule has 1 aromatic heterocycles. The lowest BCUT2D eigenvalue weighted by molar-refractivity contribution is -0.137. The zero-order chi connectivity index (χ0) is 22.0. The predicted molar refractivity (Wildman–Crippen MR) is 112 cm³/mol. The van der Waals surface area contributed by atoms with Gasteiger partial charge in [-0.25, -0.2) is 9.97 Å². The van der Waals surface area contributed by atoms with E-state index in [-0.39, 0.29) is 11.7 Å². The molecule has 0 saturated carbocycles. The molecule has 0 aliphatic carbocycles. The highest BCUT2D eigenvalue weighted by molar-refractivity contribution is 5.95. The number of carbonyl (C=O) groups excluding carboxylic acids is 1. The zero-order valence-electron chi connectivity index (χ0n) is 16.9. The summed E-state index contributed by atoms with van der Waals surface area (Å²) in [6.45, 7) is 4.36. The van der Waals surface area contributed by atoms with Crippen molar-refractivity contribution in [3.63, 3.8) is 0 Å². The van der Waals surface area contributed by atoms with Gasteiger partial charge in [0.25, 0.3) is 5.91 Å². The average Bonchev–Trinajstić information content (AvgIpc) is 2.79. The van der Waals surface area contributed by atoms with Gasteiger partial charge in [0.15, 0.2) is 5.82 Å². The number of aryl methyl sites for hydroxylation is 1. The van der Waals surface area contributed by atoms with E-state index >= 15 is 0 Å². The molecule has 1 fully saturated rings. The van der Waals surface area contributed by atoms with Crippen LogP contribution >= 0.6 is 0 Å². The third-order valence-corrected chi connectivity index (χ3v) is 5.37. The minimum absolute atomic E-state index is 0.135. The summed E-state index contributed by atoms with van der Waals surface area (Å²) in [6, 6.07) is 14.7. The van der Waals surface area contributed by atoms with E-state index in [1.807, 2.05) is 18.2 Å². The van der Waals surface area contributed by atoms with Crippen molar-refractivity contribution < 1.29 is 18.0 Å². The van der Waals surface area contributed by atoms with Gasteiger partial charge in [0.05, 0.1) is 16.8 Å². The summed E-state index contributed by atoms with van der Waals surface area (Å²) in [4.78, 5) is 25.6. The van der Waals surface area contributed by atoms with Crippen molar-refractivity contribution in [2.24, 2.45) is 0 Å². The van der Waals surface area contributed by atoms with Crippen molar-refractivity contribution in [1.29, 1.82) is 0 Å². The number of amides is 1. The summed E-state index contributed by atoms with van der Waals surface area (Å²) in [7, 11) is 0. The molecule has 5 nitrogen and oxygen atoms in total. The molecule has 3 aromatic rings. The number of anilines is 1. The number of benzene rings is 2. The number of carbonyl (C=O) groups is 1. The van der Waals surface area contributed by atoms with E-state index in [2.05, 4.69) is 27.0 Å². The van der Waals surface area contributed by atoms with E-state index in [9.17, 15) is 18.0 Å². The van der Waals surface area contributed by atoms with Gasteiger partial charge in [-0.05, 0) is 31.2 Å². The van der Waals surface area contributed by atoms with Crippen molar-refractivity contribution in [1.82, 2.24) is 14.9 Å². The van der Waals surface area contributed by atoms with Gasteiger partial charge < -0.3 is 9.80 Å². The highest BCUT2D eigenvalue weighted by Gasteiger charge is 2.30. The molecule has 4 rings (SSSR count). The molecule has 2 aromatic carbocycles. The number of hydrogen-bond acceptors (Lipinski definition) is 4. The van der Waals surface area contributed by atoms with Gasteiger partial charge in [0, 0.05) is 43.6 Å². The third-order valence-electron chi connectivity index (χ3n) is 5.37. The smallest absolute Gasteiger partial charge is 0.368 e. The van der Waals surface area contributed by atoms with Crippen LogP contribution < -0.4 is 4.90 Å². The van der Waals surface area contributed by atoms with Crippen LogP contribution in [-0.2, 0) is 6.18 Å². The summed E-state index contributed by atoms with van der Waals surface area (Å²) in [6.07, 6.45) is -2.93. The number of rotatable bonds is 3. The van der Waals surface area contributed by atoms with Gasteiger partial charge in [-0.1, -0.05) is 30.3 Å². The zero-order valence-corrected chi connectivity index (χ0v) is 16.9. The van der Waals surface area contributed by atoms with E-state index in [0.29, 0.717) is 29.9 Å². The first-order valence-electron chi connectivity index (χ1n) is 9.93. The van der Waals surface area contributed by atoms with Crippen molar-refractivity contribution in [3.05, 3.63) is 77.6 Å². The Morgan fingerprint density at radius 2 is 1.58 bits per heavy atom. The normalized spacial score (nSPS) is 14.6. The molecule has 1 amide bonds. The van der Waals surface area contributed by atoms with Gasteiger partial charge in [-0.3, -0.25) is 4.79 Å². The van der Waals surface area contributed by atoms with Crippen LogP contribution in [0, 0.1) is 6.92 Å². The highest BCUT2D eigenvalue weighted by Crippen LogP contribution is 2.30. The number of nitrogens with zero attached hydrogens (tertiary/aromatic N) is 4. The average molecular weight is 426 g/mol. The van der Waals surface area contributed by atoms with E-state index in [0.717, 1.165) is 30.9 Å². The van der Waals surface area contributed by atoms with Gasteiger partial charge in [-0.15, -0.1) is 0 Å². The molecule has 0 N–H and O–H groups in total. The van der Waals surface area contributed by atoms with Crippen molar-refractivity contribution in [2.45, 2.75) is 13.1 Å². The van der Waals surface area contributed by atoms with Crippen LogP contribution in [0.25, 0.3) is 11.4 Å². The number of halogens is 3. The Bertz CT molecular complexity index is 1060. The number of para-hydroxylation sites is 1. The molecule has 31 heavy (non-hydrogen) atoms. The molecule has 1 aliphatic heterocycles. The number of aromatic nitrogens is 2. The molecule has 1 aliphatic rings. The highest BCUT2D eigenvalue weighted by atomic mass is 19.4. The predicted octanol–water partition coefficient (Wildman–Crippen LogP) is 4.43. The number of piperazine rings is 1. The molecule has 8 heteroatoms. The summed E-state index contributed by atoms with van der Waals surface area (Å²) in [5.74, 6) is 0.154. The van der Waals surface area contributed by atoms with Gasteiger partial charge in [-0.2, -0.15) is 13.2 Å². The fourth-order valence-corrected chi connectivity index (χ4v) is 3.60. The van der Waals surface area contributed by atoms with E-state index in [1.54, 1.807) is 11.8 Å². The second-order valence-electron chi connectivity index (χ2n) is 7.38. The first-order chi connectivity index (χ1) is 14.8.